The highest BCUT2D eigenvalue weighted by Crippen LogP contribution is 2.25. The largest absolute Gasteiger partial charge is 0.461 e. The third kappa shape index (κ3) is 4.63. The van der Waals surface area contributed by atoms with E-state index in [1.165, 1.54) is 38.5 Å². The number of hydrogen-bond acceptors (Lipinski definition) is 3. The summed E-state index contributed by atoms with van der Waals surface area (Å²) in [5.41, 5.74) is 2.36. The fourth-order valence-corrected chi connectivity index (χ4v) is 3.34. The Balaban J connectivity index is 1.47. The van der Waals surface area contributed by atoms with Gasteiger partial charge in [-0.05, 0) is 18.6 Å². The number of unbranched alkanes of at least 4 members (excludes halogenated alkanes) is 7. The van der Waals surface area contributed by atoms with Crippen molar-refractivity contribution in [1.29, 1.82) is 0 Å². The molecule has 26 heavy (non-hydrogen) atoms. The van der Waals surface area contributed by atoms with E-state index in [0.29, 0.717) is 12.3 Å². The molecule has 3 aromatic rings. The zero-order valence-corrected chi connectivity index (χ0v) is 15.6. The minimum atomic E-state index is -0.333. The number of nitrogens with zero attached hydrogens (tertiary/aromatic N) is 1. The number of nitrogens with one attached hydrogen (secondary N) is 1. The molecule has 2 aromatic heterocycles. The van der Waals surface area contributed by atoms with Crippen LogP contribution in [0.15, 0.2) is 36.5 Å². The van der Waals surface area contributed by atoms with Crippen molar-refractivity contribution in [3.05, 3.63) is 42.2 Å². The fourth-order valence-electron chi connectivity index (χ4n) is 3.34. The van der Waals surface area contributed by atoms with E-state index in [9.17, 15) is 4.79 Å². The van der Waals surface area contributed by atoms with Gasteiger partial charge in [0.25, 0.3) is 0 Å². The molecule has 0 atom stereocenters. The lowest BCUT2D eigenvalue weighted by atomic mass is 10.1. The number of aromatic nitrogens is 2. The van der Waals surface area contributed by atoms with Crippen molar-refractivity contribution in [1.82, 2.24) is 9.97 Å². The van der Waals surface area contributed by atoms with Gasteiger partial charge < -0.3 is 9.72 Å². The van der Waals surface area contributed by atoms with Gasteiger partial charge in [-0.25, -0.2) is 9.78 Å². The van der Waals surface area contributed by atoms with Gasteiger partial charge in [0.2, 0.25) is 0 Å². The van der Waals surface area contributed by atoms with Crippen molar-refractivity contribution in [3.63, 3.8) is 0 Å². The quantitative estimate of drug-likeness (QED) is 0.359. The predicted molar refractivity (Wildman–Crippen MR) is 106 cm³/mol. The van der Waals surface area contributed by atoms with E-state index in [-0.39, 0.29) is 5.97 Å². The van der Waals surface area contributed by atoms with Crippen molar-refractivity contribution >= 4 is 27.8 Å². The summed E-state index contributed by atoms with van der Waals surface area (Å²) in [7, 11) is 0. The molecule has 0 spiro atoms. The van der Waals surface area contributed by atoms with Gasteiger partial charge in [0.05, 0.1) is 18.3 Å². The van der Waals surface area contributed by atoms with Crippen molar-refractivity contribution in [2.24, 2.45) is 0 Å². The topological polar surface area (TPSA) is 55.0 Å². The van der Waals surface area contributed by atoms with Crippen LogP contribution in [-0.2, 0) is 4.74 Å². The normalized spacial score (nSPS) is 11.3. The van der Waals surface area contributed by atoms with E-state index in [0.717, 1.165) is 34.6 Å². The first-order valence-corrected chi connectivity index (χ1v) is 9.83. The number of H-pyrrole nitrogens is 1. The molecular weight excluding hydrogens is 324 g/mol. The summed E-state index contributed by atoms with van der Waals surface area (Å²) in [6.07, 6.45) is 11.5. The molecule has 0 aliphatic heterocycles. The van der Waals surface area contributed by atoms with Crippen LogP contribution < -0.4 is 0 Å². The minimum absolute atomic E-state index is 0.333. The highest BCUT2D eigenvalue weighted by atomic mass is 16.5. The second-order valence-corrected chi connectivity index (χ2v) is 6.90. The number of benzene rings is 1. The number of fused-ring (bicyclic) bond motifs is 3. The minimum Gasteiger partial charge on any atom is -0.461 e. The Bertz CT molecular complexity index is 854. The van der Waals surface area contributed by atoms with Crippen LogP contribution in [0.25, 0.3) is 21.8 Å². The Morgan fingerprint density at radius 2 is 1.69 bits per heavy atom. The summed E-state index contributed by atoms with van der Waals surface area (Å²) in [4.78, 5) is 19.8. The summed E-state index contributed by atoms with van der Waals surface area (Å²) < 4.78 is 5.40. The van der Waals surface area contributed by atoms with Gasteiger partial charge in [0.15, 0.2) is 0 Å². The molecule has 0 fully saturated rings. The zero-order valence-electron chi connectivity index (χ0n) is 15.6. The average molecular weight is 352 g/mol. The Hall–Kier alpha value is -2.36. The van der Waals surface area contributed by atoms with E-state index in [2.05, 4.69) is 16.9 Å². The van der Waals surface area contributed by atoms with Gasteiger partial charge in [-0.2, -0.15) is 0 Å². The van der Waals surface area contributed by atoms with Gasteiger partial charge in [-0.3, -0.25) is 0 Å². The Morgan fingerprint density at radius 1 is 0.962 bits per heavy atom. The molecule has 1 aromatic carbocycles. The first-order chi connectivity index (χ1) is 12.8. The van der Waals surface area contributed by atoms with Crippen molar-refractivity contribution in [3.8, 4) is 0 Å². The number of hydrogen-bond donors (Lipinski definition) is 1. The molecule has 0 amide bonds. The molecule has 0 aliphatic rings. The van der Waals surface area contributed by atoms with Crippen LogP contribution in [0.2, 0.25) is 0 Å². The lowest BCUT2D eigenvalue weighted by Crippen LogP contribution is -2.08. The van der Waals surface area contributed by atoms with Crippen LogP contribution in [0.3, 0.4) is 0 Å². The van der Waals surface area contributed by atoms with Gasteiger partial charge >= 0.3 is 5.97 Å². The van der Waals surface area contributed by atoms with Gasteiger partial charge in [-0.1, -0.05) is 70.1 Å². The number of esters is 1. The standard InChI is InChI=1S/C22H28N2O2/c1-2-3-4-5-6-7-8-11-14-26-22(25)20-15-18-17-12-9-10-13-19(17)24-21(18)16-23-20/h9-10,12-13,15-16,24H,2-8,11,14H2,1H3. The van der Waals surface area contributed by atoms with E-state index < -0.39 is 0 Å². The molecule has 0 saturated carbocycles. The van der Waals surface area contributed by atoms with E-state index in [1.807, 2.05) is 30.3 Å². The Kier molecular flexibility index (Phi) is 6.64. The Labute approximate surface area is 155 Å². The van der Waals surface area contributed by atoms with Crippen LogP contribution >= 0.6 is 0 Å². The number of para-hydroxylation sites is 1. The van der Waals surface area contributed by atoms with Crippen molar-refractivity contribution < 1.29 is 9.53 Å². The third-order valence-electron chi connectivity index (χ3n) is 4.83. The molecule has 0 bridgehead atoms. The fraction of sp³-hybridized carbons (Fsp3) is 0.455. The zero-order chi connectivity index (χ0) is 18.2. The molecule has 0 aliphatic carbocycles. The highest BCUT2D eigenvalue weighted by Gasteiger charge is 2.12. The summed E-state index contributed by atoms with van der Waals surface area (Å²) in [6.45, 7) is 2.71. The Morgan fingerprint density at radius 3 is 2.50 bits per heavy atom. The highest BCUT2D eigenvalue weighted by molar-refractivity contribution is 6.08. The molecule has 0 unspecified atom stereocenters. The number of pyridine rings is 1. The maximum absolute atomic E-state index is 12.3. The number of carbonyl (C=O) groups excluding carboxylic acids is 1. The van der Waals surface area contributed by atoms with E-state index in [1.54, 1.807) is 6.20 Å². The van der Waals surface area contributed by atoms with Crippen LogP contribution in [0, 0.1) is 0 Å². The maximum atomic E-state index is 12.3. The monoisotopic (exact) mass is 352 g/mol. The van der Waals surface area contributed by atoms with Crippen LogP contribution in [0.4, 0.5) is 0 Å². The lowest BCUT2D eigenvalue weighted by molar-refractivity contribution is 0.0491. The molecule has 138 valence electrons. The second-order valence-electron chi connectivity index (χ2n) is 6.90. The summed E-state index contributed by atoms with van der Waals surface area (Å²) in [6, 6.07) is 9.88. The molecule has 0 radical (unpaired) electrons. The first kappa shape index (κ1) is 18.4. The first-order valence-electron chi connectivity index (χ1n) is 9.83. The van der Waals surface area contributed by atoms with Gasteiger partial charge in [-0.15, -0.1) is 0 Å². The molecule has 3 rings (SSSR count). The smallest absolute Gasteiger partial charge is 0.356 e. The number of carbonyl (C=O) groups is 1. The van der Waals surface area contributed by atoms with E-state index in [4.69, 9.17) is 4.74 Å². The predicted octanol–water partition coefficient (Wildman–Crippen LogP) is 6.01. The number of rotatable bonds is 10. The molecule has 4 heteroatoms. The summed E-state index contributed by atoms with van der Waals surface area (Å²) >= 11 is 0. The van der Waals surface area contributed by atoms with Gasteiger partial charge in [0.1, 0.15) is 5.69 Å². The molecule has 1 N–H and O–H groups in total. The molecule has 4 nitrogen and oxygen atoms in total. The van der Waals surface area contributed by atoms with Crippen molar-refractivity contribution in [2.75, 3.05) is 6.61 Å². The molecular formula is C22H28N2O2. The molecule has 0 saturated heterocycles. The number of ether oxygens (including phenoxy) is 1. The van der Waals surface area contributed by atoms with Crippen LogP contribution in [0.5, 0.6) is 0 Å². The van der Waals surface area contributed by atoms with Gasteiger partial charge in [0, 0.05) is 16.3 Å². The number of aromatic amines is 1. The lowest BCUT2D eigenvalue weighted by Gasteiger charge is -2.05. The van der Waals surface area contributed by atoms with Crippen LogP contribution in [0.1, 0.15) is 68.8 Å². The SMILES string of the molecule is CCCCCCCCCCOC(=O)c1cc2c(cn1)[nH]c1ccccc12. The van der Waals surface area contributed by atoms with Crippen molar-refractivity contribution in [2.45, 2.75) is 58.3 Å². The maximum Gasteiger partial charge on any atom is 0.356 e. The van der Waals surface area contributed by atoms with Crippen LogP contribution in [-0.4, -0.2) is 22.5 Å². The second kappa shape index (κ2) is 9.37. The molecule has 2 heterocycles. The summed E-state index contributed by atoms with van der Waals surface area (Å²) in [5, 5.41) is 2.11. The van der Waals surface area contributed by atoms with E-state index >= 15 is 0 Å². The third-order valence-corrected chi connectivity index (χ3v) is 4.83. The average Bonchev–Trinajstić information content (AvgIpc) is 3.04. The summed E-state index contributed by atoms with van der Waals surface area (Å²) in [5.74, 6) is -0.333.